The zero-order valence-electron chi connectivity index (χ0n) is 20.0. The van der Waals surface area contributed by atoms with E-state index in [1.807, 2.05) is 34.5 Å². The van der Waals surface area contributed by atoms with Crippen molar-refractivity contribution in [1.29, 1.82) is 0 Å². The van der Waals surface area contributed by atoms with Crippen molar-refractivity contribution in [3.05, 3.63) is 71.1 Å². The molecular formula is C26H30N3O5PS. The Labute approximate surface area is 214 Å². The van der Waals surface area contributed by atoms with Crippen LogP contribution < -0.4 is 11.1 Å². The van der Waals surface area contributed by atoms with E-state index < -0.39 is 7.94 Å². The number of carbonyl (C=O) groups is 2. The number of nitrogens with zero attached hydrogens (tertiary/aromatic N) is 1. The van der Waals surface area contributed by atoms with Crippen LogP contribution in [-0.2, 0) is 9.05 Å². The van der Waals surface area contributed by atoms with Crippen LogP contribution in [0.1, 0.15) is 33.6 Å². The van der Waals surface area contributed by atoms with Crippen LogP contribution in [0.4, 0.5) is 11.4 Å². The first kappa shape index (κ1) is 24.9. The summed E-state index contributed by atoms with van der Waals surface area (Å²) in [5, 5.41) is 4.89. The van der Waals surface area contributed by atoms with E-state index in [4.69, 9.17) is 14.8 Å². The van der Waals surface area contributed by atoms with Crippen molar-refractivity contribution in [2.75, 3.05) is 44.0 Å². The Morgan fingerprint density at radius 2 is 1.72 bits per heavy atom. The van der Waals surface area contributed by atoms with Gasteiger partial charge in [0.15, 0.2) is 0 Å². The van der Waals surface area contributed by atoms with Gasteiger partial charge in [0.25, 0.3) is 0 Å². The number of thiophene rings is 1. The first-order valence-corrected chi connectivity index (χ1v) is 15.0. The molecule has 0 saturated carbocycles. The number of likely N-dealkylation sites (tertiary alicyclic amines) is 1. The van der Waals surface area contributed by atoms with E-state index in [2.05, 4.69) is 5.32 Å². The third-order valence-electron chi connectivity index (χ3n) is 6.90. The van der Waals surface area contributed by atoms with Gasteiger partial charge in [0.2, 0.25) is 0 Å². The van der Waals surface area contributed by atoms with Crippen LogP contribution in [0.5, 0.6) is 0 Å². The van der Waals surface area contributed by atoms with Crippen molar-refractivity contribution in [2.45, 2.75) is 12.8 Å². The minimum absolute atomic E-state index is 0.0660. The van der Waals surface area contributed by atoms with Gasteiger partial charge in [0.05, 0.1) is 11.4 Å². The molecule has 2 aliphatic heterocycles. The summed E-state index contributed by atoms with van der Waals surface area (Å²) < 4.78 is 11.1. The Hall–Kier alpha value is -2.81. The molecule has 0 bridgehead atoms. The third-order valence-corrected chi connectivity index (χ3v) is 9.18. The Kier molecular flexibility index (Phi) is 6.85. The molecule has 1 aromatic heterocycles. The van der Waals surface area contributed by atoms with Crippen LogP contribution in [0.15, 0.2) is 60.0 Å². The van der Waals surface area contributed by atoms with E-state index in [-0.39, 0.29) is 17.2 Å². The molecule has 2 amide bonds. The first-order valence-electron chi connectivity index (χ1n) is 11.9. The Morgan fingerprint density at radius 1 is 1.06 bits per heavy atom. The molecule has 190 valence electrons. The van der Waals surface area contributed by atoms with Gasteiger partial charge in [-0.3, -0.25) is 4.79 Å². The second-order valence-electron chi connectivity index (χ2n) is 9.58. The normalized spacial score (nSPS) is 19.6. The van der Waals surface area contributed by atoms with Gasteiger partial charge >= 0.3 is 130 Å². The summed E-state index contributed by atoms with van der Waals surface area (Å²) in [5.74, 6) is -0.357. The number of piperidine rings is 1. The molecule has 0 atom stereocenters. The fourth-order valence-electron chi connectivity index (χ4n) is 4.53. The predicted molar refractivity (Wildman–Crippen MR) is 144 cm³/mol. The number of nitrogen functional groups attached to an aromatic ring is 1. The van der Waals surface area contributed by atoms with Crippen LogP contribution in [0, 0.1) is 5.41 Å². The number of benzene rings is 2. The molecule has 10 heteroatoms. The molecule has 2 saturated heterocycles. The molecule has 8 nitrogen and oxygen atoms in total. The van der Waals surface area contributed by atoms with E-state index in [0.717, 1.165) is 23.3 Å². The second-order valence-corrected chi connectivity index (χ2v) is 12.9. The number of carbonyl (C=O) groups excluding carboxylic acids is 2. The molecule has 4 N–H and O–H groups in total. The number of nitrogens with one attached hydrogen (secondary N) is 1. The van der Waals surface area contributed by atoms with Gasteiger partial charge in [-0.1, -0.05) is 12.1 Å². The summed E-state index contributed by atoms with van der Waals surface area (Å²) in [4.78, 5) is 38.8. The quantitative estimate of drug-likeness (QED) is 0.337. The molecule has 0 aliphatic carbocycles. The van der Waals surface area contributed by atoms with Crippen molar-refractivity contribution >= 4 is 42.5 Å². The van der Waals surface area contributed by atoms with E-state index >= 15 is 0 Å². The van der Waals surface area contributed by atoms with E-state index in [1.54, 1.807) is 48.3 Å². The number of rotatable bonds is 4. The van der Waals surface area contributed by atoms with Gasteiger partial charge in [0, 0.05) is 4.88 Å². The molecule has 1 spiro atoms. The average molecular weight is 528 g/mol. The average Bonchev–Trinajstić information content (AvgIpc) is 3.43. The summed E-state index contributed by atoms with van der Waals surface area (Å²) in [5.41, 5.74) is 8.95. The summed E-state index contributed by atoms with van der Waals surface area (Å²) in [6, 6.07) is 16.3. The zero-order valence-corrected chi connectivity index (χ0v) is 21.8. The molecule has 2 aliphatic rings. The third kappa shape index (κ3) is 5.31. The second kappa shape index (κ2) is 9.92. The molecule has 3 heterocycles. The van der Waals surface area contributed by atoms with Crippen LogP contribution >= 0.6 is 19.3 Å². The van der Waals surface area contributed by atoms with Crippen LogP contribution in [0.2, 0.25) is 0 Å². The monoisotopic (exact) mass is 527 g/mol. The van der Waals surface area contributed by atoms with Gasteiger partial charge in [-0.05, 0) is 29.1 Å². The van der Waals surface area contributed by atoms with E-state index in [9.17, 15) is 14.5 Å². The molecule has 0 unspecified atom stereocenters. The van der Waals surface area contributed by atoms with E-state index in [0.29, 0.717) is 48.8 Å². The van der Waals surface area contributed by atoms with Crippen LogP contribution in [0.3, 0.4) is 0 Å². The topological polar surface area (TPSA) is 114 Å². The first-order chi connectivity index (χ1) is 17.2. The van der Waals surface area contributed by atoms with Gasteiger partial charge < -0.3 is 11.1 Å². The number of hydrogen-bond donors (Lipinski definition) is 3. The minimum atomic E-state index is -2.97. The summed E-state index contributed by atoms with van der Waals surface area (Å²) in [7, 11) is -2.97. The Morgan fingerprint density at radius 3 is 2.36 bits per heavy atom. The molecule has 3 aromatic rings. The summed E-state index contributed by atoms with van der Waals surface area (Å²) in [6.07, 6.45) is 1.52. The summed E-state index contributed by atoms with van der Waals surface area (Å²) >= 11 is 1.62. The Bertz CT molecular complexity index is 1240. The van der Waals surface area contributed by atoms with Gasteiger partial charge in [-0.25, -0.2) is 0 Å². The number of nitrogens with two attached hydrogens (primary N) is 1. The number of amides is 2. The Balaban J connectivity index is 1.20. The maximum absolute atomic E-state index is 13.1. The van der Waals surface area contributed by atoms with Gasteiger partial charge in [-0.2, -0.15) is 0 Å². The zero-order chi connectivity index (χ0) is 25.3. The SMILES string of the molecule is C[PH]1(O)OCC2(CCN(C(=O)c3ccc(C(=O)Nc4cc(-c5cccs5)ccc4N)cc3)CC2)CO1. The van der Waals surface area contributed by atoms with Crippen molar-refractivity contribution in [2.24, 2.45) is 5.41 Å². The van der Waals surface area contributed by atoms with Crippen molar-refractivity contribution in [3.8, 4) is 10.4 Å². The molecule has 2 fully saturated rings. The van der Waals surface area contributed by atoms with Crippen LogP contribution in [-0.4, -0.2) is 54.6 Å². The predicted octanol–water partition coefficient (Wildman–Crippen LogP) is 4.64. The van der Waals surface area contributed by atoms with E-state index in [1.165, 1.54) is 0 Å². The number of anilines is 2. The molecule has 5 rings (SSSR count). The van der Waals surface area contributed by atoms with Crippen molar-refractivity contribution in [3.63, 3.8) is 0 Å². The van der Waals surface area contributed by atoms with Crippen molar-refractivity contribution in [1.82, 2.24) is 4.90 Å². The van der Waals surface area contributed by atoms with Gasteiger partial charge in [-0.15, -0.1) is 11.3 Å². The summed E-state index contributed by atoms with van der Waals surface area (Å²) in [6.45, 7) is 3.76. The van der Waals surface area contributed by atoms with Crippen LogP contribution in [0.25, 0.3) is 10.4 Å². The number of hydrogen-bond acceptors (Lipinski definition) is 7. The molecule has 2 aromatic carbocycles. The fraction of sp³-hybridized carbons (Fsp3) is 0.308. The molecule has 36 heavy (non-hydrogen) atoms. The van der Waals surface area contributed by atoms with Crippen molar-refractivity contribution < 1.29 is 23.5 Å². The fourth-order valence-corrected chi connectivity index (χ4v) is 6.49. The maximum atomic E-state index is 13.1. The van der Waals surface area contributed by atoms with Gasteiger partial charge in [0.1, 0.15) is 0 Å². The standard InChI is InChI=1S/C26H30N3O5PS/c1-35(32)33-16-26(17-34-35)10-12-29(13-11-26)25(31)19-6-4-18(5-7-19)24(30)28-22-15-20(8-9-21(22)27)23-3-2-14-36-23/h2-9,14-15,32,35H,10-13,16-17,27H2,1H3,(H,28,30). The molecule has 0 radical (unpaired) electrons. The molecular weight excluding hydrogens is 497 g/mol.